The third-order valence-electron chi connectivity index (χ3n) is 3.63. The van der Waals surface area contributed by atoms with Crippen LogP contribution in [0.5, 0.6) is 0 Å². The molecule has 1 N–H and O–H groups in total. The fourth-order valence-electron chi connectivity index (χ4n) is 2.74. The van der Waals surface area contributed by atoms with E-state index in [1.165, 1.54) is 6.19 Å². The van der Waals surface area contributed by atoms with Crippen molar-refractivity contribution in [1.82, 2.24) is 5.32 Å². The molecular formula is C17H22N2O10. The molecule has 0 radical (unpaired) electrons. The first kappa shape index (κ1) is 23.8. The third-order valence-corrected chi connectivity index (χ3v) is 3.63. The number of hydrogen-bond acceptors (Lipinski definition) is 11. The van der Waals surface area contributed by atoms with Crippen LogP contribution in [0.15, 0.2) is 0 Å². The summed E-state index contributed by atoms with van der Waals surface area (Å²) in [6.07, 6.45) is -5.47. The van der Waals surface area contributed by atoms with Crippen LogP contribution >= 0.6 is 0 Å². The highest BCUT2D eigenvalue weighted by atomic mass is 16.7. The van der Waals surface area contributed by atoms with Crippen LogP contribution in [0, 0.1) is 11.5 Å². The fraction of sp³-hybridized carbons (Fsp3) is 0.647. The molecule has 0 aromatic carbocycles. The molecule has 160 valence electrons. The van der Waals surface area contributed by atoms with Crippen molar-refractivity contribution in [3.8, 4) is 6.19 Å². The first-order chi connectivity index (χ1) is 13.5. The van der Waals surface area contributed by atoms with Gasteiger partial charge < -0.3 is 23.7 Å². The molecule has 12 nitrogen and oxygen atoms in total. The van der Waals surface area contributed by atoms with E-state index in [1.807, 2.05) is 5.32 Å². The molecule has 1 amide bonds. The molecule has 0 unspecified atom stereocenters. The van der Waals surface area contributed by atoms with E-state index in [9.17, 15) is 24.0 Å². The van der Waals surface area contributed by atoms with Crippen molar-refractivity contribution in [3.63, 3.8) is 0 Å². The number of esters is 4. The van der Waals surface area contributed by atoms with Gasteiger partial charge in [0.1, 0.15) is 6.10 Å². The molecule has 0 bridgehead atoms. The van der Waals surface area contributed by atoms with Gasteiger partial charge in [0.15, 0.2) is 18.4 Å². The highest BCUT2D eigenvalue weighted by Gasteiger charge is 2.53. The molecule has 1 rings (SSSR count). The Bertz CT molecular complexity index is 701. The van der Waals surface area contributed by atoms with Crippen LogP contribution in [-0.4, -0.2) is 60.5 Å². The van der Waals surface area contributed by atoms with E-state index in [-0.39, 0.29) is 12.8 Å². The second-order valence-electron chi connectivity index (χ2n) is 6.07. The standard InChI is InChI=1S/C17H22N2O10/c1-8(20)25-14-12(5-6-13(24)19-7-18)29-17(28-11(4)23)16(27-10(3)22)15(14)26-9(2)21/h12,14-17H,5-6H2,1-4H3,(H,19,24)/t12-,14-,15+,16+,17+/m1/s1. The zero-order chi connectivity index (χ0) is 22.1. The summed E-state index contributed by atoms with van der Waals surface area (Å²) in [6.45, 7) is 4.35. The molecule has 12 heteroatoms. The average molecular weight is 414 g/mol. The van der Waals surface area contributed by atoms with Crippen LogP contribution in [0.4, 0.5) is 0 Å². The smallest absolute Gasteiger partial charge is 0.305 e. The van der Waals surface area contributed by atoms with Gasteiger partial charge in [0.05, 0.1) is 0 Å². The van der Waals surface area contributed by atoms with Crippen molar-refractivity contribution < 1.29 is 47.7 Å². The van der Waals surface area contributed by atoms with E-state index in [0.717, 1.165) is 27.7 Å². The van der Waals surface area contributed by atoms with Crippen LogP contribution < -0.4 is 5.32 Å². The van der Waals surface area contributed by atoms with Gasteiger partial charge in [0, 0.05) is 34.1 Å². The highest BCUT2D eigenvalue weighted by Crippen LogP contribution is 2.31. The SMILES string of the molecule is CC(=O)O[C@H]1O[C@H](CCC(=O)NC#N)[C@@H](OC(C)=O)[C@H](OC(C)=O)[C@@H]1OC(C)=O. The summed E-state index contributed by atoms with van der Waals surface area (Å²) in [4.78, 5) is 57.8. The number of rotatable bonds is 7. The van der Waals surface area contributed by atoms with E-state index >= 15 is 0 Å². The number of carbonyl (C=O) groups is 5. The van der Waals surface area contributed by atoms with E-state index in [4.69, 9.17) is 28.9 Å². The predicted molar refractivity (Wildman–Crippen MR) is 90.1 cm³/mol. The molecule has 1 heterocycles. The normalized spacial score (nSPS) is 25.7. The molecule has 1 saturated heterocycles. The number of nitrogens with one attached hydrogen (secondary N) is 1. The molecule has 0 saturated carbocycles. The van der Waals surface area contributed by atoms with Crippen molar-refractivity contribution in [1.29, 1.82) is 5.26 Å². The maximum Gasteiger partial charge on any atom is 0.305 e. The Morgan fingerprint density at radius 1 is 0.828 bits per heavy atom. The van der Waals surface area contributed by atoms with Gasteiger partial charge in [0.2, 0.25) is 18.3 Å². The first-order valence-corrected chi connectivity index (χ1v) is 8.57. The van der Waals surface area contributed by atoms with Crippen molar-refractivity contribution in [2.24, 2.45) is 0 Å². The van der Waals surface area contributed by atoms with Crippen LogP contribution in [0.25, 0.3) is 0 Å². The Balaban J connectivity index is 3.26. The van der Waals surface area contributed by atoms with E-state index < -0.39 is 60.5 Å². The molecule has 0 aromatic rings. The van der Waals surface area contributed by atoms with Gasteiger partial charge in [-0.3, -0.25) is 29.3 Å². The van der Waals surface area contributed by atoms with Gasteiger partial charge in [-0.1, -0.05) is 0 Å². The van der Waals surface area contributed by atoms with Gasteiger partial charge in [0.25, 0.3) is 0 Å². The predicted octanol–water partition coefficient (Wildman–Crippen LogP) is -0.553. The Morgan fingerprint density at radius 2 is 1.31 bits per heavy atom. The number of amides is 1. The summed E-state index contributed by atoms with van der Waals surface area (Å²) in [7, 11) is 0. The van der Waals surface area contributed by atoms with Crippen LogP contribution in [0.2, 0.25) is 0 Å². The maximum absolute atomic E-state index is 11.6. The molecular weight excluding hydrogens is 392 g/mol. The molecule has 0 spiro atoms. The van der Waals surface area contributed by atoms with Crippen molar-refractivity contribution in [3.05, 3.63) is 0 Å². The van der Waals surface area contributed by atoms with Gasteiger partial charge in [-0.2, -0.15) is 5.26 Å². The maximum atomic E-state index is 11.6. The Kier molecular flexibility index (Phi) is 9.01. The van der Waals surface area contributed by atoms with Crippen molar-refractivity contribution in [2.45, 2.75) is 71.2 Å². The highest BCUT2D eigenvalue weighted by molar-refractivity contribution is 5.77. The van der Waals surface area contributed by atoms with E-state index in [0.29, 0.717) is 0 Å². The first-order valence-electron chi connectivity index (χ1n) is 8.57. The lowest BCUT2D eigenvalue weighted by atomic mass is 9.94. The zero-order valence-corrected chi connectivity index (χ0v) is 16.3. The lowest BCUT2D eigenvalue weighted by molar-refractivity contribution is -0.296. The molecule has 1 aliphatic rings. The lowest BCUT2D eigenvalue weighted by Crippen LogP contribution is -2.62. The van der Waals surface area contributed by atoms with Crippen LogP contribution in [0.1, 0.15) is 40.5 Å². The number of nitrogens with zero attached hydrogens (tertiary/aromatic N) is 1. The topological polar surface area (TPSA) is 167 Å². The Morgan fingerprint density at radius 3 is 1.79 bits per heavy atom. The quantitative estimate of drug-likeness (QED) is 0.245. The molecule has 5 atom stereocenters. The minimum absolute atomic E-state index is 0.0895. The van der Waals surface area contributed by atoms with Crippen molar-refractivity contribution >= 4 is 29.8 Å². The molecule has 0 aliphatic carbocycles. The summed E-state index contributed by atoms with van der Waals surface area (Å²) >= 11 is 0. The zero-order valence-electron chi connectivity index (χ0n) is 16.3. The minimum atomic E-state index is -1.49. The van der Waals surface area contributed by atoms with Crippen LogP contribution in [-0.2, 0) is 47.7 Å². The number of ether oxygens (including phenoxy) is 5. The number of hydrogen-bond donors (Lipinski definition) is 1. The van der Waals surface area contributed by atoms with Crippen LogP contribution in [0.3, 0.4) is 0 Å². The fourth-order valence-corrected chi connectivity index (χ4v) is 2.74. The van der Waals surface area contributed by atoms with Gasteiger partial charge in [-0.05, 0) is 6.42 Å². The largest absolute Gasteiger partial charge is 0.456 e. The Hall–Kier alpha value is -3.20. The number of carbonyl (C=O) groups excluding carboxylic acids is 5. The third kappa shape index (κ3) is 7.74. The molecule has 29 heavy (non-hydrogen) atoms. The monoisotopic (exact) mass is 414 g/mol. The summed E-state index contributed by atoms with van der Waals surface area (Å²) in [5.41, 5.74) is 0. The number of nitriles is 1. The second-order valence-corrected chi connectivity index (χ2v) is 6.07. The van der Waals surface area contributed by atoms with Gasteiger partial charge in [-0.15, -0.1) is 0 Å². The van der Waals surface area contributed by atoms with Gasteiger partial charge >= 0.3 is 23.9 Å². The van der Waals surface area contributed by atoms with Crippen molar-refractivity contribution in [2.75, 3.05) is 0 Å². The summed E-state index contributed by atoms with van der Waals surface area (Å²) < 4.78 is 26.2. The lowest BCUT2D eigenvalue weighted by Gasteiger charge is -2.43. The average Bonchev–Trinajstić information content (AvgIpc) is 2.57. The molecule has 1 aliphatic heterocycles. The van der Waals surface area contributed by atoms with E-state index in [2.05, 4.69) is 0 Å². The summed E-state index contributed by atoms with van der Waals surface area (Å²) in [5, 5.41) is 10.4. The Labute approximate surface area is 166 Å². The van der Waals surface area contributed by atoms with E-state index in [1.54, 1.807) is 0 Å². The molecule has 0 aromatic heterocycles. The summed E-state index contributed by atoms with van der Waals surface area (Å²) in [5.74, 6) is -3.74. The molecule has 1 fully saturated rings. The minimum Gasteiger partial charge on any atom is -0.456 e. The second kappa shape index (κ2) is 11.0. The summed E-state index contributed by atoms with van der Waals surface area (Å²) in [6, 6.07) is 0. The van der Waals surface area contributed by atoms with Gasteiger partial charge in [-0.25, -0.2) is 0 Å².